The molecule has 2 aliphatic carbocycles. The van der Waals surface area contributed by atoms with Crippen LogP contribution in [0.25, 0.3) is 0 Å². The molecule has 148 valence electrons. The van der Waals surface area contributed by atoms with Crippen LogP contribution < -0.4 is 10.2 Å². The molecule has 1 aromatic carbocycles. The monoisotopic (exact) mass is 370 g/mol. The molecule has 0 aliphatic heterocycles. The van der Waals surface area contributed by atoms with Crippen LogP contribution in [0.3, 0.4) is 0 Å². The summed E-state index contributed by atoms with van der Waals surface area (Å²) in [6, 6.07) is 8.52. The quantitative estimate of drug-likeness (QED) is 0.823. The summed E-state index contributed by atoms with van der Waals surface area (Å²) in [6.07, 6.45) is 9.34. The zero-order valence-corrected chi connectivity index (χ0v) is 16.9. The highest BCUT2D eigenvalue weighted by molar-refractivity contribution is 5.95. The molecule has 4 nitrogen and oxygen atoms in total. The van der Waals surface area contributed by atoms with Crippen molar-refractivity contribution in [3.8, 4) is 0 Å². The Hall–Kier alpha value is -1.84. The number of benzene rings is 1. The molecule has 0 spiro atoms. The van der Waals surface area contributed by atoms with E-state index in [9.17, 15) is 9.59 Å². The highest BCUT2D eigenvalue weighted by Gasteiger charge is 2.33. The number of carbonyl (C=O) groups is 2. The number of hydrogen-bond donors (Lipinski definition) is 1. The molecule has 0 unspecified atom stereocenters. The summed E-state index contributed by atoms with van der Waals surface area (Å²) >= 11 is 0. The van der Waals surface area contributed by atoms with Crippen LogP contribution in [0, 0.1) is 18.8 Å². The van der Waals surface area contributed by atoms with Crippen LogP contribution >= 0.6 is 0 Å². The Labute approximate surface area is 163 Å². The van der Waals surface area contributed by atoms with Gasteiger partial charge < -0.3 is 10.2 Å². The average molecular weight is 371 g/mol. The van der Waals surface area contributed by atoms with Gasteiger partial charge in [0.2, 0.25) is 11.8 Å². The van der Waals surface area contributed by atoms with Crippen LogP contribution in [-0.4, -0.2) is 24.4 Å². The molecule has 3 rings (SSSR count). The van der Waals surface area contributed by atoms with Gasteiger partial charge in [-0.2, -0.15) is 0 Å². The highest BCUT2D eigenvalue weighted by Crippen LogP contribution is 2.32. The largest absolute Gasteiger partial charge is 0.353 e. The van der Waals surface area contributed by atoms with E-state index in [2.05, 4.69) is 24.4 Å². The Morgan fingerprint density at radius 3 is 2.30 bits per heavy atom. The second-order valence-corrected chi connectivity index (χ2v) is 8.31. The normalized spacial score (nSPS) is 23.6. The Morgan fingerprint density at radius 2 is 1.67 bits per heavy atom. The zero-order chi connectivity index (χ0) is 19.2. The predicted molar refractivity (Wildman–Crippen MR) is 110 cm³/mol. The number of carbonyl (C=O) groups excluding carboxylic acids is 2. The van der Waals surface area contributed by atoms with E-state index in [0.717, 1.165) is 44.2 Å². The van der Waals surface area contributed by atoms with Crippen molar-refractivity contribution >= 4 is 17.5 Å². The lowest BCUT2D eigenvalue weighted by Crippen LogP contribution is -2.43. The first-order valence-corrected chi connectivity index (χ1v) is 10.8. The van der Waals surface area contributed by atoms with Gasteiger partial charge >= 0.3 is 0 Å². The fraction of sp³-hybridized carbons (Fsp3) is 0.652. The van der Waals surface area contributed by atoms with Crippen molar-refractivity contribution in [3.05, 3.63) is 29.8 Å². The molecule has 2 saturated carbocycles. The Balaban J connectivity index is 1.53. The molecule has 2 aliphatic rings. The topological polar surface area (TPSA) is 49.4 Å². The molecule has 0 bridgehead atoms. The summed E-state index contributed by atoms with van der Waals surface area (Å²) in [5.41, 5.74) is 2.15. The van der Waals surface area contributed by atoms with E-state index in [-0.39, 0.29) is 23.7 Å². The second-order valence-electron chi connectivity index (χ2n) is 8.31. The van der Waals surface area contributed by atoms with Gasteiger partial charge in [-0.25, -0.2) is 0 Å². The number of nitrogens with one attached hydrogen (secondary N) is 1. The van der Waals surface area contributed by atoms with Crippen LogP contribution in [0.4, 0.5) is 5.69 Å². The van der Waals surface area contributed by atoms with Crippen LogP contribution in [-0.2, 0) is 9.59 Å². The van der Waals surface area contributed by atoms with Gasteiger partial charge in [-0.15, -0.1) is 0 Å². The van der Waals surface area contributed by atoms with Crippen LogP contribution in [0.1, 0.15) is 70.3 Å². The molecule has 0 heterocycles. The first-order chi connectivity index (χ1) is 13.1. The third-order valence-corrected chi connectivity index (χ3v) is 6.29. The van der Waals surface area contributed by atoms with Crippen molar-refractivity contribution in [1.82, 2.24) is 5.32 Å². The molecule has 2 amide bonds. The van der Waals surface area contributed by atoms with Crippen LogP contribution in [0.5, 0.6) is 0 Å². The van der Waals surface area contributed by atoms with Crippen molar-refractivity contribution in [2.45, 2.75) is 77.7 Å². The highest BCUT2D eigenvalue weighted by atomic mass is 16.2. The molecule has 0 atom stereocenters. The van der Waals surface area contributed by atoms with E-state index in [1.807, 2.05) is 24.0 Å². The minimum atomic E-state index is 0.0455. The Bertz CT molecular complexity index is 644. The van der Waals surface area contributed by atoms with Crippen molar-refractivity contribution in [1.29, 1.82) is 0 Å². The van der Waals surface area contributed by atoms with Gasteiger partial charge in [0.05, 0.1) is 0 Å². The molecule has 27 heavy (non-hydrogen) atoms. The number of rotatable bonds is 5. The van der Waals surface area contributed by atoms with Gasteiger partial charge in [0.1, 0.15) is 0 Å². The summed E-state index contributed by atoms with van der Waals surface area (Å²) < 4.78 is 0. The lowest BCUT2D eigenvalue weighted by atomic mass is 9.80. The van der Waals surface area contributed by atoms with E-state index < -0.39 is 0 Å². The lowest BCUT2D eigenvalue weighted by molar-refractivity contribution is -0.130. The van der Waals surface area contributed by atoms with Gasteiger partial charge in [0.15, 0.2) is 0 Å². The van der Waals surface area contributed by atoms with Crippen molar-refractivity contribution in [2.75, 3.05) is 11.4 Å². The fourth-order valence-electron chi connectivity index (χ4n) is 4.65. The zero-order valence-electron chi connectivity index (χ0n) is 16.9. The van der Waals surface area contributed by atoms with E-state index in [1.165, 1.54) is 24.8 Å². The summed E-state index contributed by atoms with van der Waals surface area (Å²) in [5, 5.41) is 3.26. The van der Waals surface area contributed by atoms with Gasteiger partial charge in [0, 0.05) is 30.1 Å². The molecular weight excluding hydrogens is 336 g/mol. The molecule has 0 radical (unpaired) electrons. The first kappa shape index (κ1) is 19.9. The maximum absolute atomic E-state index is 13.1. The number of hydrogen-bond acceptors (Lipinski definition) is 2. The third-order valence-electron chi connectivity index (χ3n) is 6.29. The summed E-state index contributed by atoms with van der Waals surface area (Å²) in [4.78, 5) is 27.5. The van der Waals surface area contributed by atoms with Gasteiger partial charge in [-0.05, 0) is 70.1 Å². The summed E-state index contributed by atoms with van der Waals surface area (Å²) in [5.74, 6) is 0.572. The molecule has 1 N–H and O–H groups in total. The van der Waals surface area contributed by atoms with E-state index in [4.69, 9.17) is 0 Å². The van der Waals surface area contributed by atoms with Crippen molar-refractivity contribution < 1.29 is 9.59 Å². The molecule has 0 saturated heterocycles. The predicted octanol–water partition coefficient (Wildman–Crippen LogP) is 4.60. The summed E-state index contributed by atoms with van der Waals surface area (Å²) in [6.45, 7) is 4.77. The maximum Gasteiger partial charge on any atom is 0.230 e. The molecule has 4 heteroatoms. The number of anilines is 1. The molecule has 2 fully saturated rings. The van der Waals surface area contributed by atoms with E-state index in [1.54, 1.807) is 0 Å². The minimum Gasteiger partial charge on any atom is -0.353 e. The first-order valence-electron chi connectivity index (χ1n) is 10.8. The standard InChI is InChI=1S/C23H34N2O2/c1-3-25(21-11-7-8-17(2)16-21)23(27)19-14-12-18(13-15-19)22(26)24-20-9-5-4-6-10-20/h7-8,11,16,18-20H,3-6,9-10,12-15H2,1-2H3,(H,24,26). The van der Waals surface area contributed by atoms with E-state index >= 15 is 0 Å². The number of nitrogens with zero attached hydrogens (tertiary/aromatic N) is 1. The SMILES string of the molecule is CCN(C(=O)C1CCC(C(=O)NC2CCCCC2)CC1)c1cccc(C)c1. The smallest absolute Gasteiger partial charge is 0.230 e. The number of amides is 2. The van der Waals surface area contributed by atoms with Crippen LogP contribution in [0.15, 0.2) is 24.3 Å². The second kappa shape index (κ2) is 9.38. The minimum absolute atomic E-state index is 0.0455. The fourth-order valence-corrected chi connectivity index (χ4v) is 4.65. The van der Waals surface area contributed by atoms with Gasteiger partial charge in [-0.3, -0.25) is 9.59 Å². The Morgan fingerprint density at radius 1 is 1.00 bits per heavy atom. The Kier molecular flexibility index (Phi) is 6.92. The van der Waals surface area contributed by atoms with E-state index in [0.29, 0.717) is 12.6 Å². The number of aryl methyl sites for hydroxylation is 1. The van der Waals surface area contributed by atoms with Gasteiger partial charge in [-0.1, -0.05) is 31.4 Å². The van der Waals surface area contributed by atoms with Gasteiger partial charge in [0.25, 0.3) is 0 Å². The van der Waals surface area contributed by atoms with Crippen LogP contribution in [0.2, 0.25) is 0 Å². The lowest BCUT2D eigenvalue weighted by Gasteiger charge is -2.32. The summed E-state index contributed by atoms with van der Waals surface area (Å²) in [7, 11) is 0. The molecule has 0 aromatic heterocycles. The molecule has 1 aromatic rings. The van der Waals surface area contributed by atoms with Crippen molar-refractivity contribution in [2.24, 2.45) is 11.8 Å². The molecular formula is C23H34N2O2. The third kappa shape index (κ3) is 5.12. The van der Waals surface area contributed by atoms with Crippen molar-refractivity contribution in [3.63, 3.8) is 0 Å². The maximum atomic E-state index is 13.1. The average Bonchev–Trinajstić information content (AvgIpc) is 2.69.